The van der Waals surface area contributed by atoms with Crippen LogP contribution in [0.15, 0.2) is 41.5 Å². The van der Waals surface area contributed by atoms with Gasteiger partial charge in [0.25, 0.3) is 0 Å². The van der Waals surface area contributed by atoms with Gasteiger partial charge in [0.2, 0.25) is 0 Å². The van der Waals surface area contributed by atoms with Crippen LogP contribution in [0.25, 0.3) is 0 Å². The SMILES string of the molecule is CC(=O)O[C@H]1C(=O)[C@@]2(C)[C@H]([C@H](OC(=O)c3ccccc3)[C@]3(O)CC(OC(=O)[C@H](O)[C@@H](NC(=O)OC(C)(C)C)C(C)C)C(C)=C1C3(C)C)[C@]1(OC(C)=O)CO[C@@H]1C[C@@H]2O. The number of carbonyl (C=O) groups excluding carboxylic acids is 6. The standard InChI is InChI=1S/C42H57NO15/c1-20(2)29(43-37(51)58-38(6,7)8)30(47)36(50)55-25-18-42(52)34(56-35(49)24-15-13-12-14-16-24)32-40(11,26(46)17-27-41(32,19-53-27)57-23(5)45)33(48)31(54-22(4)44)28(21(25)3)39(42,9)10/h12-16,20,25-27,29-32,34,46-47,52H,17-19H2,1-11H3,(H,43,51)/t25?,26-,27+,29-,30+,31+,32-,34-,40+,41-,42+/m0/s1. The summed E-state index contributed by atoms with van der Waals surface area (Å²) < 4.78 is 35.4. The van der Waals surface area contributed by atoms with Gasteiger partial charge in [0, 0.05) is 32.1 Å². The van der Waals surface area contributed by atoms with Gasteiger partial charge in [0.1, 0.15) is 29.5 Å². The molecule has 16 nitrogen and oxygen atoms in total. The van der Waals surface area contributed by atoms with Crippen molar-refractivity contribution in [2.24, 2.45) is 22.7 Å². The lowest BCUT2D eigenvalue weighted by Crippen LogP contribution is -2.82. The summed E-state index contributed by atoms with van der Waals surface area (Å²) in [5.41, 5.74) is -8.46. The molecule has 4 N–H and O–H groups in total. The first kappa shape index (κ1) is 44.7. The molecule has 1 aromatic carbocycles. The van der Waals surface area contributed by atoms with Crippen molar-refractivity contribution in [1.29, 1.82) is 0 Å². The number of Topliss-reactive ketones (excluding diaryl/α,β-unsaturated/α-hetero) is 1. The number of carbonyl (C=O) groups is 6. The highest BCUT2D eigenvalue weighted by molar-refractivity contribution is 5.95. The van der Waals surface area contributed by atoms with E-state index in [9.17, 15) is 39.3 Å². The van der Waals surface area contributed by atoms with Crippen molar-refractivity contribution in [2.75, 3.05) is 6.61 Å². The number of aliphatic hydroxyl groups excluding tert-OH is 2. The van der Waals surface area contributed by atoms with E-state index in [-0.39, 0.29) is 29.7 Å². The molecule has 3 fully saturated rings. The van der Waals surface area contributed by atoms with Crippen LogP contribution in [0.1, 0.15) is 99.4 Å². The third-order valence-corrected chi connectivity index (χ3v) is 12.4. The molecule has 0 aromatic heterocycles. The summed E-state index contributed by atoms with van der Waals surface area (Å²) >= 11 is 0. The maximum absolute atomic E-state index is 15.4. The number of rotatable bonds is 9. The van der Waals surface area contributed by atoms with Crippen molar-refractivity contribution in [2.45, 2.75) is 148 Å². The van der Waals surface area contributed by atoms with Gasteiger partial charge in [-0.25, -0.2) is 14.4 Å². The zero-order chi connectivity index (χ0) is 43.5. The largest absolute Gasteiger partial charge is 0.456 e. The molecular formula is C42H57NO15. The Labute approximate surface area is 337 Å². The Morgan fingerprint density at radius 3 is 2.10 bits per heavy atom. The van der Waals surface area contributed by atoms with Crippen LogP contribution in [0.2, 0.25) is 0 Å². The van der Waals surface area contributed by atoms with Gasteiger partial charge >= 0.3 is 30.0 Å². The van der Waals surface area contributed by atoms with Gasteiger partial charge in [-0.2, -0.15) is 0 Å². The quantitative estimate of drug-likeness (QED) is 0.159. The molecule has 0 spiro atoms. The van der Waals surface area contributed by atoms with Gasteiger partial charge < -0.3 is 49.1 Å². The molecule has 2 saturated carbocycles. The maximum atomic E-state index is 15.4. The number of hydrogen-bond acceptors (Lipinski definition) is 15. The van der Waals surface area contributed by atoms with Crippen molar-refractivity contribution in [1.82, 2.24) is 5.32 Å². The summed E-state index contributed by atoms with van der Waals surface area (Å²) in [6.07, 6.45) is -11.2. The lowest BCUT2D eigenvalue weighted by atomic mass is 9.44. The molecule has 16 heteroatoms. The molecule has 4 aliphatic rings. The molecule has 1 unspecified atom stereocenters. The number of amides is 1. The smallest absolute Gasteiger partial charge is 0.407 e. The van der Waals surface area contributed by atoms with Gasteiger partial charge in [0.15, 0.2) is 23.6 Å². The van der Waals surface area contributed by atoms with E-state index in [1.165, 1.54) is 26.0 Å². The van der Waals surface area contributed by atoms with Gasteiger partial charge in [-0.15, -0.1) is 0 Å². The Kier molecular flexibility index (Phi) is 12.1. The number of esters is 4. The minimum absolute atomic E-state index is 0.00202. The van der Waals surface area contributed by atoms with Crippen LogP contribution >= 0.6 is 0 Å². The number of ether oxygens (including phenoxy) is 6. The Morgan fingerprint density at radius 2 is 1.59 bits per heavy atom. The van der Waals surface area contributed by atoms with Crippen LogP contribution in [0, 0.1) is 22.7 Å². The first-order chi connectivity index (χ1) is 26.7. The topological polar surface area (TPSA) is 231 Å². The summed E-state index contributed by atoms with van der Waals surface area (Å²) in [4.78, 5) is 82.0. The molecule has 1 saturated heterocycles. The Morgan fingerprint density at radius 1 is 0.966 bits per heavy atom. The summed E-state index contributed by atoms with van der Waals surface area (Å²) in [7, 11) is 0. The summed E-state index contributed by atoms with van der Waals surface area (Å²) in [5, 5.41) is 39.5. The first-order valence-corrected chi connectivity index (χ1v) is 19.5. The molecule has 1 heterocycles. The van der Waals surface area contributed by atoms with E-state index in [0.717, 1.165) is 13.8 Å². The normalized spacial score (nSPS) is 33.7. The molecule has 58 heavy (non-hydrogen) atoms. The van der Waals surface area contributed by atoms with Crippen LogP contribution in [0.4, 0.5) is 4.79 Å². The molecular weight excluding hydrogens is 758 g/mol. The average molecular weight is 816 g/mol. The second-order valence-electron chi connectivity index (χ2n) is 18.0. The van der Waals surface area contributed by atoms with E-state index in [0.29, 0.717) is 0 Å². The van der Waals surface area contributed by atoms with Crippen LogP contribution in [0.5, 0.6) is 0 Å². The number of hydrogen-bond donors (Lipinski definition) is 4. The van der Waals surface area contributed by atoms with Crippen molar-refractivity contribution in [3.8, 4) is 0 Å². The van der Waals surface area contributed by atoms with E-state index in [1.54, 1.807) is 66.7 Å². The van der Waals surface area contributed by atoms with Crippen LogP contribution in [-0.2, 0) is 47.6 Å². The highest BCUT2D eigenvalue weighted by Crippen LogP contribution is 2.64. The highest BCUT2D eigenvalue weighted by atomic mass is 16.6. The van der Waals surface area contributed by atoms with Crippen molar-refractivity contribution >= 4 is 35.8 Å². The summed E-state index contributed by atoms with van der Waals surface area (Å²) in [6.45, 7) is 16.2. The molecule has 2 bridgehead atoms. The molecule has 320 valence electrons. The zero-order valence-corrected chi connectivity index (χ0v) is 34.9. The number of fused-ring (bicyclic) bond motifs is 5. The van der Waals surface area contributed by atoms with Crippen LogP contribution in [0.3, 0.4) is 0 Å². The molecule has 1 aromatic rings. The van der Waals surface area contributed by atoms with Crippen molar-refractivity contribution in [3.05, 3.63) is 47.0 Å². The third-order valence-electron chi connectivity index (χ3n) is 12.4. The second-order valence-corrected chi connectivity index (χ2v) is 18.0. The first-order valence-electron chi connectivity index (χ1n) is 19.5. The molecule has 5 rings (SSSR count). The van der Waals surface area contributed by atoms with Crippen molar-refractivity contribution in [3.63, 3.8) is 0 Å². The molecule has 11 atom stereocenters. The minimum Gasteiger partial charge on any atom is -0.456 e. The fourth-order valence-electron chi connectivity index (χ4n) is 9.43. The lowest BCUT2D eigenvalue weighted by molar-refractivity contribution is -0.346. The number of aliphatic hydroxyl groups is 3. The molecule has 1 aliphatic heterocycles. The number of alkyl carbamates (subject to hydrolysis) is 1. The Bertz CT molecular complexity index is 1850. The zero-order valence-electron chi connectivity index (χ0n) is 34.9. The van der Waals surface area contributed by atoms with E-state index in [1.807, 2.05) is 0 Å². The van der Waals surface area contributed by atoms with Gasteiger partial charge in [0.05, 0.1) is 35.6 Å². The predicted octanol–water partition coefficient (Wildman–Crippen LogP) is 3.11. The Balaban J connectivity index is 1.73. The van der Waals surface area contributed by atoms with Gasteiger partial charge in [-0.3, -0.25) is 14.4 Å². The van der Waals surface area contributed by atoms with E-state index in [4.69, 9.17) is 28.4 Å². The van der Waals surface area contributed by atoms with Gasteiger partial charge in [-0.1, -0.05) is 45.9 Å². The fourth-order valence-corrected chi connectivity index (χ4v) is 9.43. The van der Waals surface area contributed by atoms with Crippen LogP contribution < -0.4 is 5.32 Å². The van der Waals surface area contributed by atoms with E-state index in [2.05, 4.69) is 5.32 Å². The maximum Gasteiger partial charge on any atom is 0.407 e. The van der Waals surface area contributed by atoms with E-state index < -0.39 is 124 Å². The summed E-state index contributed by atoms with van der Waals surface area (Å²) in [5.74, 6) is -6.73. The highest BCUT2D eigenvalue weighted by Gasteiger charge is 2.78. The fraction of sp³-hybridized carbons (Fsp3) is 0.667. The molecule has 0 radical (unpaired) electrons. The summed E-state index contributed by atoms with van der Waals surface area (Å²) in [6, 6.07) is 6.62. The van der Waals surface area contributed by atoms with Crippen molar-refractivity contribution < 1.29 is 72.5 Å². The number of nitrogens with one attached hydrogen (secondary N) is 1. The second kappa shape index (κ2) is 15.7. The number of ketones is 1. The monoisotopic (exact) mass is 815 g/mol. The molecule has 3 aliphatic carbocycles. The lowest BCUT2D eigenvalue weighted by Gasteiger charge is -2.67. The minimum atomic E-state index is -2.37. The molecule has 1 amide bonds. The third kappa shape index (κ3) is 7.64. The van der Waals surface area contributed by atoms with Crippen LogP contribution in [-0.4, -0.2) is 117 Å². The van der Waals surface area contributed by atoms with E-state index >= 15 is 4.79 Å². The predicted molar refractivity (Wildman–Crippen MR) is 203 cm³/mol. The Hall–Kier alpha value is -4.38. The average Bonchev–Trinajstić information content (AvgIpc) is 3.10. The van der Waals surface area contributed by atoms with Gasteiger partial charge in [-0.05, 0) is 63.8 Å². The number of benzene rings is 1.